The third-order valence-electron chi connectivity index (χ3n) is 5.30. The van der Waals surface area contributed by atoms with Crippen LogP contribution in [0.1, 0.15) is 22.3 Å². The number of aliphatic hydroxyl groups is 1. The summed E-state index contributed by atoms with van der Waals surface area (Å²) in [5.74, 6) is 0.248. The molecule has 0 saturated heterocycles. The summed E-state index contributed by atoms with van der Waals surface area (Å²) in [6.45, 7) is 2.43. The van der Waals surface area contributed by atoms with Crippen molar-refractivity contribution in [3.05, 3.63) is 71.1 Å². The molecule has 2 aromatic carbocycles. The topological polar surface area (TPSA) is 99.5 Å². The number of carbonyl (C=O) groups is 2. The van der Waals surface area contributed by atoms with Crippen LogP contribution in [0.5, 0.6) is 0 Å². The lowest BCUT2D eigenvalue weighted by Crippen LogP contribution is -2.26. The van der Waals surface area contributed by atoms with E-state index in [1.165, 1.54) is 11.3 Å². The first kappa shape index (κ1) is 22.5. The number of fused-ring (bicyclic) bond motifs is 1. The van der Waals surface area contributed by atoms with Crippen molar-refractivity contribution in [1.82, 2.24) is 9.55 Å². The molecule has 33 heavy (non-hydrogen) atoms. The van der Waals surface area contributed by atoms with E-state index >= 15 is 0 Å². The van der Waals surface area contributed by atoms with E-state index in [-0.39, 0.29) is 12.5 Å². The van der Waals surface area contributed by atoms with Crippen LogP contribution in [0.2, 0.25) is 0 Å². The van der Waals surface area contributed by atoms with Crippen LogP contribution in [0.4, 0.5) is 21.4 Å². The maximum atomic E-state index is 12.8. The standard InChI is InChI=1S/C24H25N5O3S/c1-16-11-14-33-21(16)26-24(32)27-23-25-19-15-18(9-10-20(19)29(23)12-6-13-30)28(2)22(31)17-7-4-3-5-8-17/h3-5,7-11,14-15,30H,6,12-13H2,1-2H3,(H2,25,26,27,32). The highest BCUT2D eigenvalue weighted by molar-refractivity contribution is 7.14. The molecule has 0 bridgehead atoms. The van der Waals surface area contributed by atoms with Gasteiger partial charge in [0.25, 0.3) is 5.91 Å². The molecule has 170 valence electrons. The fourth-order valence-corrected chi connectivity index (χ4v) is 4.32. The zero-order chi connectivity index (χ0) is 23.4. The second-order valence-electron chi connectivity index (χ2n) is 7.58. The first-order chi connectivity index (χ1) is 16.0. The molecular weight excluding hydrogens is 438 g/mol. The normalized spacial score (nSPS) is 10.9. The Labute approximate surface area is 195 Å². The highest BCUT2D eigenvalue weighted by Crippen LogP contribution is 2.27. The van der Waals surface area contributed by atoms with Crippen molar-refractivity contribution in [2.24, 2.45) is 0 Å². The van der Waals surface area contributed by atoms with E-state index in [4.69, 9.17) is 0 Å². The Morgan fingerprint density at radius 3 is 2.61 bits per heavy atom. The molecule has 4 rings (SSSR count). The molecule has 0 atom stereocenters. The van der Waals surface area contributed by atoms with E-state index in [2.05, 4.69) is 15.6 Å². The van der Waals surface area contributed by atoms with E-state index < -0.39 is 6.03 Å². The summed E-state index contributed by atoms with van der Waals surface area (Å²) in [5, 5.41) is 17.7. The zero-order valence-electron chi connectivity index (χ0n) is 18.4. The predicted molar refractivity (Wildman–Crippen MR) is 132 cm³/mol. The van der Waals surface area contributed by atoms with Crippen molar-refractivity contribution >= 4 is 50.9 Å². The minimum Gasteiger partial charge on any atom is -0.396 e. The smallest absolute Gasteiger partial charge is 0.326 e. The largest absolute Gasteiger partial charge is 0.396 e. The van der Waals surface area contributed by atoms with Gasteiger partial charge in [0, 0.05) is 31.5 Å². The maximum absolute atomic E-state index is 12.8. The summed E-state index contributed by atoms with van der Waals surface area (Å²) in [6, 6.07) is 16.2. The fraction of sp³-hybridized carbons (Fsp3) is 0.208. The van der Waals surface area contributed by atoms with Crippen molar-refractivity contribution in [2.75, 3.05) is 29.2 Å². The molecule has 8 nitrogen and oxygen atoms in total. The number of benzene rings is 2. The SMILES string of the molecule is Cc1ccsc1NC(=O)Nc1nc2cc(N(C)C(=O)c3ccccc3)ccc2n1CCCO. The third-order valence-corrected chi connectivity index (χ3v) is 6.23. The summed E-state index contributed by atoms with van der Waals surface area (Å²) in [7, 11) is 1.72. The van der Waals surface area contributed by atoms with Crippen LogP contribution in [-0.2, 0) is 6.54 Å². The average molecular weight is 464 g/mol. The highest BCUT2D eigenvalue weighted by Gasteiger charge is 2.18. The lowest BCUT2D eigenvalue weighted by molar-refractivity contribution is 0.0993. The van der Waals surface area contributed by atoms with Gasteiger partial charge in [0.1, 0.15) is 0 Å². The molecule has 0 unspecified atom stereocenters. The first-order valence-corrected chi connectivity index (χ1v) is 11.4. The van der Waals surface area contributed by atoms with Gasteiger partial charge in [-0.15, -0.1) is 11.3 Å². The Kier molecular flexibility index (Phi) is 6.71. The average Bonchev–Trinajstić information content (AvgIpc) is 3.38. The number of anilines is 3. The lowest BCUT2D eigenvalue weighted by atomic mass is 10.2. The van der Waals surface area contributed by atoms with Crippen molar-refractivity contribution in [3.63, 3.8) is 0 Å². The Bertz CT molecular complexity index is 1280. The number of hydrogen-bond acceptors (Lipinski definition) is 5. The molecule has 0 radical (unpaired) electrons. The number of nitrogens with one attached hydrogen (secondary N) is 2. The van der Waals surface area contributed by atoms with Crippen molar-refractivity contribution < 1.29 is 14.7 Å². The van der Waals surface area contributed by atoms with E-state index in [9.17, 15) is 14.7 Å². The van der Waals surface area contributed by atoms with Crippen LogP contribution in [0.15, 0.2) is 60.0 Å². The van der Waals surface area contributed by atoms with Crippen LogP contribution in [0, 0.1) is 6.92 Å². The van der Waals surface area contributed by atoms with Crippen molar-refractivity contribution in [1.29, 1.82) is 0 Å². The van der Waals surface area contributed by atoms with Crippen LogP contribution < -0.4 is 15.5 Å². The molecule has 9 heteroatoms. The van der Waals surface area contributed by atoms with E-state index in [1.807, 2.05) is 59.3 Å². The van der Waals surface area contributed by atoms with Gasteiger partial charge >= 0.3 is 6.03 Å². The van der Waals surface area contributed by atoms with Crippen molar-refractivity contribution in [2.45, 2.75) is 19.9 Å². The minimum atomic E-state index is -0.391. The Morgan fingerprint density at radius 2 is 1.91 bits per heavy atom. The molecule has 0 spiro atoms. The zero-order valence-corrected chi connectivity index (χ0v) is 19.2. The van der Waals surface area contributed by atoms with Crippen LogP contribution in [0.3, 0.4) is 0 Å². The number of hydrogen-bond donors (Lipinski definition) is 3. The first-order valence-electron chi connectivity index (χ1n) is 10.5. The summed E-state index contributed by atoms with van der Waals surface area (Å²) < 4.78 is 1.86. The number of aliphatic hydroxyl groups excluding tert-OH is 1. The van der Waals surface area contributed by atoms with Gasteiger partial charge in [-0.25, -0.2) is 9.78 Å². The number of rotatable bonds is 7. The molecule has 0 aliphatic heterocycles. The van der Waals surface area contributed by atoms with E-state index in [1.54, 1.807) is 24.1 Å². The quantitative estimate of drug-likeness (QED) is 0.370. The van der Waals surface area contributed by atoms with Gasteiger partial charge in [0.15, 0.2) is 0 Å². The summed E-state index contributed by atoms with van der Waals surface area (Å²) >= 11 is 1.45. The monoisotopic (exact) mass is 463 g/mol. The van der Waals surface area contributed by atoms with E-state index in [0.717, 1.165) is 16.1 Å². The van der Waals surface area contributed by atoms with Gasteiger partial charge in [-0.3, -0.25) is 15.4 Å². The molecular formula is C24H25N5O3S. The predicted octanol–water partition coefficient (Wildman–Crippen LogP) is 4.71. The number of nitrogens with zero attached hydrogens (tertiary/aromatic N) is 3. The Hall–Kier alpha value is -3.69. The summed E-state index contributed by atoms with van der Waals surface area (Å²) in [5.41, 5.74) is 3.71. The minimum absolute atomic E-state index is 0.0199. The molecule has 2 aromatic heterocycles. The molecule has 0 aliphatic rings. The molecule has 2 heterocycles. The van der Waals surface area contributed by atoms with Gasteiger partial charge in [0.05, 0.1) is 16.0 Å². The van der Waals surface area contributed by atoms with Crippen LogP contribution >= 0.6 is 11.3 Å². The molecule has 3 amide bonds. The maximum Gasteiger partial charge on any atom is 0.326 e. The van der Waals surface area contributed by atoms with Crippen LogP contribution in [0.25, 0.3) is 11.0 Å². The third kappa shape index (κ3) is 4.89. The van der Waals surface area contributed by atoms with Crippen molar-refractivity contribution in [3.8, 4) is 0 Å². The highest BCUT2D eigenvalue weighted by atomic mass is 32.1. The number of thiophene rings is 1. The molecule has 3 N–H and O–H groups in total. The Morgan fingerprint density at radius 1 is 1.12 bits per heavy atom. The van der Waals surface area contributed by atoms with Gasteiger partial charge < -0.3 is 14.6 Å². The second kappa shape index (κ2) is 9.85. The molecule has 0 fully saturated rings. The molecule has 0 aliphatic carbocycles. The van der Waals surface area contributed by atoms with E-state index in [0.29, 0.717) is 35.7 Å². The number of carbonyl (C=O) groups excluding carboxylic acids is 2. The number of imidazole rings is 1. The number of aromatic nitrogens is 2. The lowest BCUT2D eigenvalue weighted by Gasteiger charge is -2.17. The van der Waals surface area contributed by atoms with Gasteiger partial charge in [0.2, 0.25) is 5.95 Å². The van der Waals surface area contributed by atoms with Crippen LogP contribution in [-0.4, -0.2) is 40.3 Å². The molecule has 4 aromatic rings. The fourth-order valence-electron chi connectivity index (χ4n) is 3.51. The summed E-state index contributed by atoms with van der Waals surface area (Å²) in [4.78, 5) is 31.6. The Balaban J connectivity index is 1.62. The van der Waals surface area contributed by atoms with Gasteiger partial charge in [-0.05, 0) is 60.7 Å². The summed E-state index contributed by atoms with van der Waals surface area (Å²) in [6.07, 6.45) is 0.514. The van der Waals surface area contributed by atoms with Gasteiger partial charge in [-0.2, -0.15) is 0 Å². The molecule has 0 saturated carbocycles. The second-order valence-corrected chi connectivity index (χ2v) is 8.50. The number of urea groups is 1. The number of amides is 3. The van der Waals surface area contributed by atoms with Gasteiger partial charge in [-0.1, -0.05) is 18.2 Å². The number of aryl methyl sites for hydroxylation is 2.